The van der Waals surface area contributed by atoms with E-state index in [1.165, 1.54) is 4.31 Å². The van der Waals surface area contributed by atoms with Crippen LogP contribution in [-0.2, 0) is 14.8 Å². The number of hydroxylamine groups is 1. The van der Waals surface area contributed by atoms with E-state index in [0.717, 1.165) is 11.1 Å². The first kappa shape index (κ1) is 20.6. The van der Waals surface area contributed by atoms with Crippen molar-refractivity contribution in [3.63, 3.8) is 0 Å². The molecule has 0 spiro atoms. The van der Waals surface area contributed by atoms with Crippen molar-refractivity contribution in [1.29, 1.82) is 0 Å². The standard InChI is InChI=1S/C22H22N2O4S/c1-17(16-22(25)23-26)24(20-10-6-3-7-11-20)29(27,28)21-14-12-19(13-15-21)18-8-4-2-5-9-18/h2-15,17,26H,16H2,1H3,(H,23,25). The third kappa shape index (κ3) is 4.64. The summed E-state index contributed by atoms with van der Waals surface area (Å²) in [4.78, 5) is 11.8. The highest BCUT2D eigenvalue weighted by Crippen LogP contribution is 2.29. The molecule has 1 unspecified atom stereocenters. The Morgan fingerprint density at radius 1 is 0.897 bits per heavy atom. The second-order valence-corrected chi connectivity index (χ2v) is 8.43. The first-order valence-corrected chi connectivity index (χ1v) is 10.6. The van der Waals surface area contributed by atoms with Gasteiger partial charge in [0, 0.05) is 0 Å². The van der Waals surface area contributed by atoms with Gasteiger partial charge in [-0.15, -0.1) is 0 Å². The molecule has 0 saturated heterocycles. The number of benzene rings is 3. The number of hydrogen-bond acceptors (Lipinski definition) is 4. The molecule has 0 saturated carbocycles. The Hall–Kier alpha value is -3.16. The number of nitrogens with one attached hydrogen (secondary N) is 1. The van der Waals surface area contributed by atoms with E-state index >= 15 is 0 Å². The summed E-state index contributed by atoms with van der Waals surface area (Å²) in [6, 6.07) is 24.2. The highest BCUT2D eigenvalue weighted by atomic mass is 32.2. The Morgan fingerprint density at radius 2 is 1.41 bits per heavy atom. The molecule has 2 N–H and O–H groups in total. The molecule has 0 bridgehead atoms. The van der Waals surface area contributed by atoms with E-state index < -0.39 is 22.0 Å². The summed E-state index contributed by atoms with van der Waals surface area (Å²) in [5.74, 6) is -0.659. The molecule has 0 aliphatic rings. The maximum absolute atomic E-state index is 13.4. The number of amides is 1. The zero-order valence-corrected chi connectivity index (χ0v) is 16.7. The predicted octanol–water partition coefficient (Wildman–Crippen LogP) is 3.83. The lowest BCUT2D eigenvalue weighted by atomic mass is 10.1. The van der Waals surface area contributed by atoms with Crippen LogP contribution in [-0.4, -0.2) is 25.6 Å². The molecule has 1 atom stereocenters. The van der Waals surface area contributed by atoms with Crippen LogP contribution in [0.3, 0.4) is 0 Å². The Balaban J connectivity index is 1.99. The fourth-order valence-corrected chi connectivity index (χ4v) is 4.82. The van der Waals surface area contributed by atoms with Gasteiger partial charge in [-0.05, 0) is 42.3 Å². The quantitative estimate of drug-likeness (QED) is 0.458. The smallest absolute Gasteiger partial charge is 0.264 e. The van der Waals surface area contributed by atoms with E-state index in [0.29, 0.717) is 5.69 Å². The van der Waals surface area contributed by atoms with Crippen molar-refractivity contribution in [2.75, 3.05) is 4.31 Å². The average molecular weight is 410 g/mol. The number of rotatable bonds is 7. The van der Waals surface area contributed by atoms with E-state index in [2.05, 4.69) is 0 Å². The second-order valence-electron chi connectivity index (χ2n) is 6.61. The lowest BCUT2D eigenvalue weighted by Crippen LogP contribution is -2.41. The number of anilines is 1. The monoisotopic (exact) mass is 410 g/mol. The zero-order chi connectivity index (χ0) is 20.9. The first-order valence-electron chi connectivity index (χ1n) is 9.11. The van der Waals surface area contributed by atoms with E-state index in [1.807, 2.05) is 30.3 Å². The number of hydrogen-bond donors (Lipinski definition) is 2. The molecule has 0 aliphatic carbocycles. The van der Waals surface area contributed by atoms with Gasteiger partial charge in [0.2, 0.25) is 5.91 Å². The second kappa shape index (κ2) is 8.89. The van der Waals surface area contributed by atoms with Gasteiger partial charge in [-0.25, -0.2) is 13.9 Å². The maximum atomic E-state index is 13.4. The Morgan fingerprint density at radius 3 is 1.97 bits per heavy atom. The third-order valence-corrected chi connectivity index (χ3v) is 6.49. The molecule has 1 amide bonds. The summed E-state index contributed by atoms with van der Waals surface area (Å²) in [6.45, 7) is 1.62. The fourth-order valence-electron chi connectivity index (χ4n) is 3.17. The summed E-state index contributed by atoms with van der Waals surface area (Å²) < 4.78 is 28.1. The van der Waals surface area contributed by atoms with Crippen LogP contribution < -0.4 is 9.79 Å². The molecule has 7 heteroatoms. The predicted molar refractivity (Wildman–Crippen MR) is 112 cm³/mol. The molecule has 3 aromatic carbocycles. The van der Waals surface area contributed by atoms with E-state index in [1.54, 1.807) is 67.0 Å². The largest absolute Gasteiger partial charge is 0.289 e. The minimum atomic E-state index is -3.93. The van der Waals surface area contributed by atoms with Gasteiger partial charge in [0.1, 0.15) is 0 Å². The summed E-state index contributed by atoms with van der Waals surface area (Å²) in [5, 5.41) is 8.83. The molecule has 0 heterocycles. The van der Waals surface area contributed by atoms with Gasteiger partial charge in [-0.3, -0.25) is 14.3 Å². The number of para-hydroxylation sites is 1. The van der Waals surface area contributed by atoms with Gasteiger partial charge in [0.05, 0.1) is 23.0 Å². The average Bonchev–Trinajstić information content (AvgIpc) is 2.75. The van der Waals surface area contributed by atoms with Crippen LogP contribution in [0.4, 0.5) is 5.69 Å². The number of sulfonamides is 1. The molecule has 0 radical (unpaired) electrons. The molecular formula is C22H22N2O4S. The van der Waals surface area contributed by atoms with Crippen LogP contribution in [0, 0.1) is 0 Å². The van der Waals surface area contributed by atoms with Crippen LogP contribution in [0.15, 0.2) is 89.8 Å². The summed E-state index contributed by atoms with van der Waals surface area (Å²) in [7, 11) is -3.93. The molecule has 0 fully saturated rings. The number of nitrogens with zero attached hydrogens (tertiary/aromatic N) is 1. The molecular weight excluding hydrogens is 388 g/mol. The van der Waals surface area contributed by atoms with Gasteiger partial charge in [0.25, 0.3) is 10.0 Å². The Labute approximate surface area is 170 Å². The summed E-state index contributed by atoms with van der Waals surface area (Å²) >= 11 is 0. The van der Waals surface area contributed by atoms with Gasteiger partial charge >= 0.3 is 0 Å². The molecule has 3 aromatic rings. The van der Waals surface area contributed by atoms with Crippen molar-refractivity contribution in [3.8, 4) is 11.1 Å². The molecule has 6 nitrogen and oxygen atoms in total. The fraction of sp³-hybridized carbons (Fsp3) is 0.136. The molecule has 0 aromatic heterocycles. The lowest BCUT2D eigenvalue weighted by Gasteiger charge is -2.30. The van der Waals surface area contributed by atoms with Crippen LogP contribution in [0.1, 0.15) is 13.3 Å². The number of carbonyl (C=O) groups excluding carboxylic acids is 1. The van der Waals surface area contributed by atoms with Crippen LogP contribution in [0.2, 0.25) is 0 Å². The SMILES string of the molecule is CC(CC(=O)NO)N(c1ccccc1)S(=O)(=O)c1ccc(-c2ccccc2)cc1. The van der Waals surface area contributed by atoms with Crippen molar-refractivity contribution in [3.05, 3.63) is 84.9 Å². The van der Waals surface area contributed by atoms with Gasteiger partial charge in [-0.2, -0.15) is 0 Å². The van der Waals surface area contributed by atoms with Gasteiger partial charge < -0.3 is 0 Å². The number of carbonyl (C=O) groups is 1. The van der Waals surface area contributed by atoms with Gasteiger partial charge in [-0.1, -0.05) is 60.7 Å². The maximum Gasteiger partial charge on any atom is 0.264 e. The van der Waals surface area contributed by atoms with Crippen LogP contribution >= 0.6 is 0 Å². The Bertz CT molecular complexity index is 1050. The molecule has 0 aliphatic heterocycles. The topological polar surface area (TPSA) is 86.7 Å². The van der Waals surface area contributed by atoms with Crippen LogP contribution in [0.25, 0.3) is 11.1 Å². The third-order valence-electron chi connectivity index (χ3n) is 4.53. The highest BCUT2D eigenvalue weighted by molar-refractivity contribution is 7.92. The lowest BCUT2D eigenvalue weighted by molar-refractivity contribution is -0.129. The van der Waals surface area contributed by atoms with E-state index in [4.69, 9.17) is 5.21 Å². The van der Waals surface area contributed by atoms with Crippen molar-refractivity contribution in [1.82, 2.24) is 5.48 Å². The normalized spacial score (nSPS) is 12.2. The summed E-state index contributed by atoms with van der Waals surface area (Å²) in [5.41, 5.74) is 3.90. The minimum absolute atomic E-state index is 0.122. The molecule has 150 valence electrons. The summed E-state index contributed by atoms with van der Waals surface area (Å²) in [6.07, 6.45) is -0.188. The highest BCUT2D eigenvalue weighted by Gasteiger charge is 2.30. The van der Waals surface area contributed by atoms with Crippen LogP contribution in [0.5, 0.6) is 0 Å². The van der Waals surface area contributed by atoms with Gasteiger partial charge in [0.15, 0.2) is 0 Å². The minimum Gasteiger partial charge on any atom is -0.289 e. The van der Waals surface area contributed by atoms with Crippen molar-refractivity contribution < 1.29 is 18.4 Å². The van der Waals surface area contributed by atoms with Crippen molar-refractivity contribution >= 4 is 21.6 Å². The van der Waals surface area contributed by atoms with E-state index in [-0.39, 0.29) is 11.3 Å². The van der Waals surface area contributed by atoms with E-state index in [9.17, 15) is 13.2 Å². The molecule has 3 rings (SSSR count). The Kier molecular flexibility index (Phi) is 6.31. The zero-order valence-electron chi connectivity index (χ0n) is 15.9. The first-order chi connectivity index (χ1) is 13.9. The van der Waals surface area contributed by atoms with Crippen molar-refractivity contribution in [2.24, 2.45) is 0 Å². The molecule has 29 heavy (non-hydrogen) atoms. The van der Waals surface area contributed by atoms with Crippen molar-refractivity contribution in [2.45, 2.75) is 24.3 Å².